The van der Waals surface area contributed by atoms with Gasteiger partial charge in [0.2, 0.25) is 0 Å². The summed E-state index contributed by atoms with van der Waals surface area (Å²) in [6, 6.07) is 35.6. The summed E-state index contributed by atoms with van der Waals surface area (Å²) in [4.78, 5) is 12.9. The van der Waals surface area contributed by atoms with Gasteiger partial charge in [0, 0.05) is 0 Å². The van der Waals surface area contributed by atoms with Crippen LogP contribution in [0, 0.1) is 0 Å². The van der Waals surface area contributed by atoms with E-state index in [2.05, 4.69) is 4.18 Å². The molecule has 0 amide bonds. The minimum atomic E-state index is -4.06. The summed E-state index contributed by atoms with van der Waals surface area (Å²) in [5.41, 5.74) is 0.990. The van der Waals surface area contributed by atoms with Gasteiger partial charge in [0.05, 0.1) is 25.0 Å². The molecule has 1 unspecified atom stereocenters. The van der Waals surface area contributed by atoms with E-state index in [4.69, 9.17) is 14.2 Å². The molecule has 7 nitrogen and oxygen atoms in total. The maximum Gasteiger partial charge on any atom is 0.338 e. The Morgan fingerprint density at radius 1 is 0.767 bits per heavy atom. The van der Waals surface area contributed by atoms with Gasteiger partial charge in [-0.3, -0.25) is 4.18 Å². The van der Waals surface area contributed by atoms with E-state index in [-0.39, 0.29) is 5.56 Å². The lowest BCUT2D eigenvalue weighted by Gasteiger charge is -2.37. The van der Waals surface area contributed by atoms with Gasteiger partial charge in [-0.05, 0) is 28.8 Å². The van der Waals surface area contributed by atoms with E-state index in [0.29, 0.717) is 0 Å². The lowest BCUT2D eigenvalue weighted by molar-refractivity contribution is -0.123. The highest BCUT2D eigenvalue weighted by molar-refractivity contribution is 7.85. The van der Waals surface area contributed by atoms with E-state index in [9.17, 15) is 13.2 Å². The van der Waals surface area contributed by atoms with E-state index < -0.39 is 59.1 Å². The van der Waals surface area contributed by atoms with E-state index in [1.165, 1.54) is 12.1 Å². The number of ether oxygens (including phenoxy) is 3. The van der Waals surface area contributed by atoms with Crippen LogP contribution in [-0.4, -0.2) is 58.1 Å². The number of hydrogen-bond donors (Lipinski definition) is 0. The lowest BCUT2D eigenvalue weighted by atomic mass is 9.80. The highest BCUT2D eigenvalue weighted by atomic mass is 32.2. The Kier molecular flexibility index (Phi) is 9.03. The summed E-state index contributed by atoms with van der Waals surface area (Å²) in [6.45, 7) is -1.42. The summed E-state index contributed by atoms with van der Waals surface area (Å²) >= 11 is 0. The smallest absolute Gasteiger partial charge is 0.338 e. The predicted octanol–water partition coefficient (Wildman–Crippen LogP) is 5.60. The van der Waals surface area contributed by atoms with Crippen molar-refractivity contribution in [1.82, 2.24) is 0 Å². The Bertz CT molecular complexity index is 1510. The molecule has 0 saturated carbocycles. The molecule has 0 N–H and O–H groups in total. The molecule has 1 saturated heterocycles. The number of hydrogen-bond acceptors (Lipinski definition) is 7. The molecule has 224 valence electrons. The first-order valence-corrected chi connectivity index (χ1v) is 15.4. The Morgan fingerprint density at radius 2 is 1.21 bits per heavy atom. The van der Waals surface area contributed by atoms with E-state index in [0.717, 1.165) is 22.9 Å². The van der Waals surface area contributed by atoms with Crippen LogP contribution in [0.15, 0.2) is 121 Å². The highest BCUT2D eigenvalue weighted by Crippen LogP contribution is 2.44. The van der Waals surface area contributed by atoms with Gasteiger partial charge in [-0.1, -0.05) is 109 Å². The average Bonchev–Trinajstić information content (AvgIpc) is 3.26. The van der Waals surface area contributed by atoms with Crippen molar-refractivity contribution < 1.29 is 40.4 Å². The Balaban J connectivity index is 1.54. The molecule has 1 aliphatic rings. The molecule has 1 fully saturated rings. The number of carbonyl (C=O) groups excluding carboxylic acids is 1. The van der Waals surface area contributed by atoms with Crippen molar-refractivity contribution in [3.63, 3.8) is 0 Å². The average molecular weight is 609 g/mol. The van der Waals surface area contributed by atoms with Crippen molar-refractivity contribution in [3.05, 3.63) is 144 Å². The Labute approximate surface area is 249 Å². The Hall–Kier alpha value is -3.96. The van der Waals surface area contributed by atoms with Gasteiger partial charge in [0.25, 0.3) is 10.1 Å². The second-order valence-electron chi connectivity index (χ2n) is 10.1. The number of benzene rings is 4. The molecule has 0 bridgehead atoms. The molecule has 3 atom stereocenters. The third-order valence-corrected chi connectivity index (χ3v) is 7.73. The molecule has 0 aromatic heterocycles. The molecule has 0 aliphatic carbocycles. The molecule has 0 radical (unpaired) electrons. The van der Waals surface area contributed by atoms with Crippen molar-refractivity contribution in [2.75, 3.05) is 19.5 Å². The first kappa shape index (κ1) is 30.5. The molecule has 10 heteroatoms. The molecule has 1 heterocycles. The van der Waals surface area contributed by atoms with Gasteiger partial charge in [0.1, 0.15) is 11.7 Å². The minimum absolute atomic E-state index is 0.0704. The quantitative estimate of drug-likeness (QED) is 0.124. The standard InChI is InChI=1S/C33H30F2O7S/c1-43(37,38)40-23-29-33(34,35)30(42-31(36)24-14-6-2-7-15-24)28(41-29)22-39-32(25-16-8-3-9-17-25,26-18-10-4-11-19-26)27-20-12-5-13-21-27/h2-21,28-30H,22-23H2,1H3/t28-,29+,30?/m1/s1. The zero-order valence-corrected chi connectivity index (χ0v) is 24.0. The largest absolute Gasteiger partial charge is 0.449 e. The number of rotatable bonds is 11. The van der Waals surface area contributed by atoms with Crippen LogP contribution in [0.4, 0.5) is 8.78 Å². The maximum atomic E-state index is 15.8. The van der Waals surface area contributed by atoms with Crippen LogP contribution in [0.3, 0.4) is 0 Å². The van der Waals surface area contributed by atoms with Crippen LogP contribution in [0.5, 0.6) is 0 Å². The third kappa shape index (κ3) is 6.67. The van der Waals surface area contributed by atoms with Crippen molar-refractivity contribution in [2.45, 2.75) is 29.8 Å². The van der Waals surface area contributed by atoms with Crippen LogP contribution in [-0.2, 0) is 34.1 Å². The van der Waals surface area contributed by atoms with Gasteiger partial charge < -0.3 is 14.2 Å². The first-order chi connectivity index (χ1) is 20.6. The topological polar surface area (TPSA) is 88.1 Å². The fraction of sp³-hybridized carbons (Fsp3) is 0.242. The first-order valence-electron chi connectivity index (χ1n) is 13.6. The maximum absolute atomic E-state index is 15.8. The summed E-state index contributed by atoms with van der Waals surface area (Å²) in [6.07, 6.45) is -4.86. The van der Waals surface area contributed by atoms with Gasteiger partial charge in [-0.25, -0.2) is 4.79 Å². The summed E-state index contributed by atoms with van der Waals surface area (Å²) in [7, 11) is -4.06. The van der Waals surface area contributed by atoms with Crippen LogP contribution in [0.1, 0.15) is 27.0 Å². The van der Waals surface area contributed by atoms with Gasteiger partial charge in [-0.15, -0.1) is 0 Å². The fourth-order valence-electron chi connectivity index (χ4n) is 5.15. The molecule has 4 aromatic rings. The van der Waals surface area contributed by atoms with Crippen LogP contribution < -0.4 is 0 Å². The molecule has 0 spiro atoms. The second-order valence-corrected chi connectivity index (χ2v) is 11.8. The fourth-order valence-corrected chi connectivity index (χ4v) is 5.53. The van der Waals surface area contributed by atoms with Crippen molar-refractivity contribution in [1.29, 1.82) is 0 Å². The normalized spacial score (nSPS) is 20.0. The van der Waals surface area contributed by atoms with Crippen LogP contribution in [0.2, 0.25) is 0 Å². The van der Waals surface area contributed by atoms with Gasteiger partial charge in [-0.2, -0.15) is 17.2 Å². The summed E-state index contributed by atoms with van der Waals surface area (Å²) in [5.74, 6) is -4.79. The SMILES string of the molecule is CS(=O)(=O)OC[C@@H]1O[C@H](COC(c2ccccc2)(c2ccccc2)c2ccccc2)C(OC(=O)c2ccccc2)C1(F)F. The van der Waals surface area contributed by atoms with Gasteiger partial charge in [0.15, 0.2) is 12.2 Å². The highest BCUT2D eigenvalue weighted by Gasteiger charge is 2.62. The third-order valence-electron chi connectivity index (χ3n) is 7.17. The Morgan fingerprint density at radius 3 is 1.65 bits per heavy atom. The zero-order chi connectivity index (χ0) is 30.5. The van der Waals surface area contributed by atoms with Crippen LogP contribution in [0.25, 0.3) is 0 Å². The van der Waals surface area contributed by atoms with Crippen molar-refractivity contribution in [3.8, 4) is 0 Å². The lowest BCUT2D eigenvalue weighted by Crippen LogP contribution is -2.46. The predicted molar refractivity (Wildman–Crippen MR) is 155 cm³/mol. The zero-order valence-electron chi connectivity index (χ0n) is 23.2. The molecular formula is C33H30F2O7S. The molecule has 5 rings (SSSR count). The van der Waals surface area contributed by atoms with E-state index in [1.807, 2.05) is 91.0 Å². The molecular weight excluding hydrogens is 578 g/mol. The molecule has 1 aliphatic heterocycles. The summed E-state index contributed by atoms with van der Waals surface area (Å²) in [5, 5.41) is 0. The van der Waals surface area contributed by atoms with Gasteiger partial charge >= 0.3 is 11.9 Å². The van der Waals surface area contributed by atoms with Crippen molar-refractivity contribution in [2.24, 2.45) is 0 Å². The van der Waals surface area contributed by atoms with Crippen LogP contribution >= 0.6 is 0 Å². The second kappa shape index (κ2) is 12.7. The molecule has 43 heavy (non-hydrogen) atoms. The number of alkyl halides is 2. The minimum Gasteiger partial charge on any atom is -0.449 e. The van der Waals surface area contributed by atoms with Crippen molar-refractivity contribution >= 4 is 16.1 Å². The monoisotopic (exact) mass is 608 g/mol. The number of esters is 1. The summed E-state index contributed by atoms with van der Waals surface area (Å²) < 4.78 is 77.3. The van der Waals surface area contributed by atoms with E-state index >= 15 is 8.78 Å². The number of carbonyl (C=O) groups is 1. The number of halogens is 2. The molecule has 4 aromatic carbocycles. The van der Waals surface area contributed by atoms with E-state index in [1.54, 1.807) is 18.2 Å².